The van der Waals surface area contributed by atoms with E-state index in [2.05, 4.69) is 161 Å². The maximum Gasteiger partial charge on any atom is 0.235 e. The summed E-state index contributed by atoms with van der Waals surface area (Å²) in [7, 11) is 3.40. The fourth-order valence-corrected chi connectivity index (χ4v) is 9.26. The minimum Gasteiger partial charge on any atom is -0.497 e. The largest absolute Gasteiger partial charge is 0.497 e. The van der Waals surface area contributed by atoms with Crippen molar-refractivity contribution in [1.82, 2.24) is 24.1 Å². The van der Waals surface area contributed by atoms with Gasteiger partial charge in [0.25, 0.3) is 0 Å². The topological polar surface area (TPSA) is 67.0 Å². The Labute approximate surface area is 344 Å². The van der Waals surface area contributed by atoms with Crippen LogP contribution in [0.1, 0.15) is 0 Å². The van der Waals surface area contributed by atoms with Crippen molar-refractivity contribution in [1.29, 1.82) is 0 Å². The number of fused-ring (bicyclic) bond motifs is 11. The quantitative estimate of drug-likeness (QED) is 0.124. The summed E-state index contributed by atoms with van der Waals surface area (Å²) in [6.07, 6.45) is 3.93. The molecule has 0 atom stereocenters. The van der Waals surface area contributed by atoms with Gasteiger partial charge in [-0.1, -0.05) is 97.1 Å². The van der Waals surface area contributed by atoms with Crippen LogP contribution in [0, 0.1) is 0 Å². The molecule has 0 bridgehead atoms. The first-order valence-corrected chi connectivity index (χ1v) is 20.0. The van der Waals surface area contributed by atoms with Gasteiger partial charge in [0.05, 0.1) is 36.3 Å². The van der Waals surface area contributed by atoms with Crippen LogP contribution in [-0.2, 0) is 0 Å². The highest BCUT2D eigenvalue weighted by Gasteiger charge is 2.23. The fraction of sp³-hybridized carbons (Fsp3) is 0.0377. The van der Waals surface area contributed by atoms with Crippen LogP contribution in [-0.4, -0.2) is 38.3 Å². The van der Waals surface area contributed by atoms with Crippen molar-refractivity contribution in [3.63, 3.8) is 0 Å². The molecule has 0 aliphatic rings. The third-order valence-corrected chi connectivity index (χ3v) is 12.0. The molecule has 3 aromatic heterocycles. The van der Waals surface area contributed by atoms with Gasteiger partial charge in [0.15, 0.2) is 0 Å². The lowest BCUT2D eigenvalue weighted by molar-refractivity contribution is 0.415. The molecule has 0 radical (unpaired) electrons. The van der Waals surface area contributed by atoms with E-state index in [1.54, 1.807) is 14.2 Å². The zero-order valence-electron chi connectivity index (χ0n) is 32.8. The number of nitrogens with zero attached hydrogens (tertiary/aromatic N) is 5. The third kappa shape index (κ3) is 5.05. The van der Waals surface area contributed by atoms with E-state index < -0.39 is 0 Å². The maximum absolute atomic E-state index is 5.64. The predicted molar refractivity (Wildman–Crippen MR) is 245 cm³/mol. The summed E-state index contributed by atoms with van der Waals surface area (Å²) in [6.45, 7) is 0. The Morgan fingerprint density at radius 1 is 0.433 bits per heavy atom. The molecule has 12 rings (SSSR count). The summed E-state index contributed by atoms with van der Waals surface area (Å²) < 4.78 is 15.7. The van der Waals surface area contributed by atoms with E-state index in [4.69, 9.17) is 24.4 Å². The van der Waals surface area contributed by atoms with E-state index in [1.165, 1.54) is 21.5 Å². The fourth-order valence-electron chi connectivity index (χ4n) is 9.26. The second-order valence-corrected chi connectivity index (χ2v) is 15.2. The molecule has 0 aliphatic carbocycles. The Kier molecular flexibility index (Phi) is 7.53. The van der Waals surface area contributed by atoms with Crippen LogP contribution in [0.4, 0.5) is 0 Å². The first-order valence-electron chi connectivity index (χ1n) is 20.0. The molecule has 0 amide bonds. The highest BCUT2D eigenvalue weighted by Crippen LogP contribution is 2.41. The molecule has 0 saturated carbocycles. The number of benzene rings is 9. The van der Waals surface area contributed by atoms with E-state index in [9.17, 15) is 0 Å². The van der Waals surface area contributed by atoms with Gasteiger partial charge in [-0.25, -0.2) is 15.0 Å². The molecule has 7 heteroatoms. The molecule has 0 aliphatic heterocycles. The Balaban J connectivity index is 1.08. The van der Waals surface area contributed by atoms with Crippen molar-refractivity contribution in [2.75, 3.05) is 14.2 Å². The highest BCUT2D eigenvalue weighted by atomic mass is 16.5. The number of rotatable bonds is 6. The second kappa shape index (κ2) is 13.3. The zero-order valence-corrected chi connectivity index (χ0v) is 32.8. The average Bonchev–Trinajstić information content (AvgIpc) is 3.87. The van der Waals surface area contributed by atoms with E-state index >= 15 is 0 Å². The van der Waals surface area contributed by atoms with Crippen molar-refractivity contribution in [3.05, 3.63) is 176 Å². The normalized spacial score (nSPS) is 11.8. The molecule has 12 aromatic rings. The standard InChI is InChI=1S/C53H35N5O2/c1-59-37-23-25-47-45(28-37)46-29-38(60-2)24-26-48(46)57(47)36-21-19-32(20-22-36)52-56-50-43-17-9-7-15-41(43)42-16-8-10-18-44(42)51(50)58(52)53-54-30-35(31-55-53)49-39-13-5-3-11-33(39)27-34-12-4-6-14-40(34)49/h3-31H,1-2H3. The van der Waals surface area contributed by atoms with Crippen LogP contribution in [0.3, 0.4) is 0 Å². The number of aromatic nitrogens is 5. The Hall–Kier alpha value is -8.03. The number of hydrogen-bond acceptors (Lipinski definition) is 5. The molecule has 7 nitrogen and oxygen atoms in total. The Morgan fingerprint density at radius 2 is 0.950 bits per heavy atom. The number of ether oxygens (including phenoxy) is 2. The maximum atomic E-state index is 5.64. The number of imidazole rings is 1. The van der Waals surface area contributed by atoms with Gasteiger partial charge in [0.2, 0.25) is 5.95 Å². The van der Waals surface area contributed by atoms with Crippen LogP contribution < -0.4 is 9.47 Å². The summed E-state index contributed by atoms with van der Waals surface area (Å²) >= 11 is 0. The van der Waals surface area contributed by atoms with Crippen LogP contribution in [0.25, 0.3) is 110 Å². The smallest absolute Gasteiger partial charge is 0.235 e. The van der Waals surface area contributed by atoms with Gasteiger partial charge in [-0.05, 0) is 99.0 Å². The molecule has 0 fully saturated rings. The van der Waals surface area contributed by atoms with Gasteiger partial charge in [-0.2, -0.15) is 0 Å². The van der Waals surface area contributed by atoms with Crippen molar-refractivity contribution < 1.29 is 9.47 Å². The summed E-state index contributed by atoms with van der Waals surface area (Å²) in [5.41, 5.74) is 8.07. The summed E-state index contributed by atoms with van der Waals surface area (Å²) in [6, 6.07) is 57.5. The molecule has 60 heavy (non-hydrogen) atoms. The molecule has 0 saturated heterocycles. The molecule has 0 spiro atoms. The van der Waals surface area contributed by atoms with E-state index in [0.29, 0.717) is 5.95 Å². The van der Waals surface area contributed by atoms with Crippen LogP contribution in [0.2, 0.25) is 0 Å². The van der Waals surface area contributed by atoms with Crippen molar-refractivity contribution >= 4 is 75.9 Å². The summed E-state index contributed by atoms with van der Waals surface area (Å²) in [5, 5.41) is 11.4. The number of methoxy groups -OCH3 is 2. The molecule has 284 valence electrons. The van der Waals surface area contributed by atoms with Gasteiger partial charge >= 0.3 is 0 Å². The average molecular weight is 774 g/mol. The molecule has 3 heterocycles. The van der Waals surface area contributed by atoms with Crippen LogP contribution >= 0.6 is 0 Å². The summed E-state index contributed by atoms with van der Waals surface area (Å²) in [4.78, 5) is 15.8. The van der Waals surface area contributed by atoms with Gasteiger partial charge in [0, 0.05) is 56.3 Å². The van der Waals surface area contributed by atoms with Gasteiger partial charge in [-0.15, -0.1) is 0 Å². The summed E-state index contributed by atoms with van der Waals surface area (Å²) in [5.74, 6) is 2.92. The SMILES string of the molecule is COc1ccc2c(c1)c1cc(OC)ccc1n2-c1ccc(-c2nc3c4ccccc4c4ccccc4c3n2-c2ncc(-c3c4ccccc4cc4ccccc34)cn2)cc1. The molecular formula is C53H35N5O2. The minimum absolute atomic E-state index is 0.551. The minimum atomic E-state index is 0.551. The lowest BCUT2D eigenvalue weighted by atomic mass is 9.93. The lowest BCUT2D eigenvalue weighted by Crippen LogP contribution is -2.04. The van der Waals surface area contributed by atoms with E-state index in [-0.39, 0.29) is 0 Å². The zero-order chi connectivity index (χ0) is 39.9. The monoisotopic (exact) mass is 773 g/mol. The van der Waals surface area contributed by atoms with Gasteiger partial charge < -0.3 is 14.0 Å². The first-order chi connectivity index (χ1) is 29.7. The number of hydrogen-bond donors (Lipinski definition) is 0. The molecule has 0 N–H and O–H groups in total. The molecular weight excluding hydrogens is 739 g/mol. The van der Waals surface area contributed by atoms with Crippen LogP contribution in [0.15, 0.2) is 176 Å². The molecule has 0 unspecified atom stereocenters. The molecule has 9 aromatic carbocycles. The Morgan fingerprint density at radius 3 is 1.53 bits per heavy atom. The van der Waals surface area contributed by atoms with Crippen LogP contribution in [0.5, 0.6) is 11.5 Å². The highest BCUT2D eigenvalue weighted by molar-refractivity contribution is 6.24. The first kappa shape index (κ1) is 34.0. The van der Waals surface area contributed by atoms with E-state index in [0.717, 1.165) is 94.1 Å². The Bertz CT molecular complexity index is 3560. The predicted octanol–water partition coefficient (Wildman–Crippen LogP) is 12.9. The van der Waals surface area contributed by atoms with Crippen molar-refractivity contribution in [3.8, 4) is 45.6 Å². The third-order valence-electron chi connectivity index (χ3n) is 12.0. The van der Waals surface area contributed by atoms with Gasteiger partial charge in [0.1, 0.15) is 17.3 Å². The van der Waals surface area contributed by atoms with Crippen molar-refractivity contribution in [2.24, 2.45) is 0 Å². The van der Waals surface area contributed by atoms with Crippen molar-refractivity contribution in [2.45, 2.75) is 0 Å². The lowest BCUT2D eigenvalue weighted by Gasteiger charge is -2.14. The van der Waals surface area contributed by atoms with E-state index in [1.807, 2.05) is 24.5 Å². The van der Waals surface area contributed by atoms with Gasteiger partial charge in [-0.3, -0.25) is 4.57 Å². The second-order valence-electron chi connectivity index (χ2n) is 15.2.